The second-order valence-electron chi connectivity index (χ2n) is 7.64. The zero-order valence-electron chi connectivity index (χ0n) is 16.7. The van der Waals surface area contributed by atoms with Crippen LogP contribution in [0.1, 0.15) is 59.9 Å². The van der Waals surface area contributed by atoms with Crippen LogP contribution in [0.25, 0.3) is 0 Å². The fourth-order valence-electron chi connectivity index (χ4n) is 3.94. The first-order valence-electron chi connectivity index (χ1n) is 9.03. The Balaban J connectivity index is 3.20. The standard InChI is InChI=1S/C22H34OSi/c1-16(2)24(17(3)4,18(5)6)15-14-19(7)20(8)21-12-10-11-13-22(21)23-9/h10-13,16-18,20H,7H2,1-6,8-9H3. The number of ether oxygens (including phenoxy) is 1. The molecule has 0 amide bonds. The quantitative estimate of drug-likeness (QED) is 0.419. The predicted octanol–water partition coefficient (Wildman–Crippen LogP) is 6.58. The summed E-state index contributed by atoms with van der Waals surface area (Å²) >= 11 is 0. The maximum absolute atomic E-state index is 5.50. The maximum atomic E-state index is 5.50. The van der Waals surface area contributed by atoms with Gasteiger partial charge >= 0.3 is 0 Å². The lowest BCUT2D eigenvalue weighted by atomic mass is 9.94. The molecule has 0 radical (unpaired) electrons. The van der Waals surface area contributed by atoms with Gasteiger partial charge in [-0.1, -0.05) is 79.2 Å². The molecule has 0 saturated carbocycles. The maximum Gasteiger partial charge on any atom is 0.146 e. The highest BCUT2D eigenvalue weighted by Gasteiger charge is 2.41. The van der Waals surface area contributed by atoms with Crippen LogP contribution >= 0.6 is 0 Å². The van der Waals surface area contributed by atoms with Gasteiger partial charge in [0.1, 0.15) is 13.8 Å². The molecule has 2 heteroatoms. The molecule has 1 atom stereocenters. The van der Waals surface area contributed by atoms with Crippen LogP contribution in [0.15, 0.2) is 36.4 Å². The normalized spacial score (nSPS) is 13.0. The molecule has 0 heterocycles. The Kier molecular flexibility index (Phi) is 7.36. The molecule has 0 spiro atoms. The molecular formula is C22H34OSi. The summed E-state index contributed by atoms with van der Waals surface area (Å²) in [5.74, 6) is 4.56. The van der Waals surface area contributed by atoms with Crippen LogP contribution in [0.4, 0.5) is 0 Å². The van der Waals surface area contributed by atoms with E-state index in [0.717, 1.165) is 16.9 Å². The summed E-state index contributed by atoms with van der Waals surface area (Å²) in [6.07, 6.45) is 0. The summed E-state index contributed by atoms with van der Waals surface area (Å²) in [4.78, 5) is 0. The van der Waals surface area contributed by atoms with E-state index in [-0.39, 0.29) is 5.92 Å². The number of allylic oxidation sites excluding steroid dienone is 1. The fourth-order valence-corrected chi connectivity index (χ4v) is 9.18. The third kappa shape index (κ3) is 4.14. The highest BCUT2D eigenvalue weighted by Crippen LogP contribution is 2.41. The van der Waals surface area contributed by atoms with E-state index in [1.165, 1.54) is 0 Å². The van der Waals surface area contributed by atoms with Crippen LogP contribution in [0.2, 0.25) is 16.6 Å². The molecule has 0 aliphatic carbocycles. The Bertz CT molecular complexity index is 595. The molecule has 0 bridgehead atoms. The summed E-state index contributed by atoms with van der Waals surface area (Å²) in [6.45, 7) is 20.5. The highest BCUT2D eigenvalue weighted by molar-refractivity contribution is 6.90. The largest absolute Gasteiger partial charge is 0.496 e. The molecule has 1 nitrogen and oxygen atoms in total. The van der Waals surface area contributed by atoms with Gasteiger partial charge in [0.05, 0.1) is 7.11 Å². The highest BCUT2D eigenvalue weighted by atomic mass is 28.3. The molecule has 0 N–H and O–H groups in total. The van der Waals surface area contributed by atoms with Crippen LogP contribution in [-0.2, 0) is 0 Å². The molecule has 0 aromatic heterocycles. The van der Waals surface area contributed by atoms with E-state index in [1.54, 1.807) is 7.11 Å². The number of hydrogen-bond donors (Lipinski definition) is 0. The minimum atomic E-state index is -1.71. The molecule has 0 saturated heterocycles. The fraction of sp³-hybridized carbons (Fsp3) is 0.545. The smallest absolute Gasteiger partial charge is 0.146 e. The van der Waals surface area contributed by atoms with Crippen LogP contribution in [0.3, 0.4) is 0 Å². The second-order valence-corrected chi connectivity index (χ2v) is 13.2. The van der Waals surface area contributed by atoms with Crippen molar-refractivity contribution in [2.45, 2.75) is 71.0 Å². The van der Waals surface area contributed by atoms with Gasteiger partial charge in [0.2, 0.25) is 0 Å². The molecule has 132 valence electrons. The summed E-state index contributed by atoms with van der Waals surface area (Å²) < 4.78 is 5.50. The first-order valence-corrected chi connectivity index (χ1v) is 11.3. The molecule has 1 aromatic rings. The van der Waals surface area contributed by atoms with E-state index in [1.807, 2.05) is 18.2 Å². The molecule has 1 rings (SSSR count). The average Bonchev–Trinajstić information content (AvgIpc) is 2.53. The average molecular weight is 343 g/mol. The molecule has 24 heavy (non-hydrogen) atoms. The minimum Gasteiger partial charge on any atom is -0.496 e. The predicted molar refractivity (Wildman–Crippen MR) is 109 cm³/mol. The number of benzene rings is 1. The monoisotopic (exact) mass is 342 g/mol. The summed E-state index contributed by atoms with van der Waals surface area (Å²) in [6, 6.07) is 8.15. The van der Waals surface area contributed by atoms with Crippen molar-refractivity contribution in [2.24, 2.45) is 0 Å². The van der Waals surface area contributed by atoms with Crippen molar-refractivity contribution >= 4 is 8.07 Å². The number of para-hydroxylation sites is 1. The van der Waals surface area contributed by atoms with Crippen LogP contribution < -0.4 is 4.74 Å². The molecule has 0 fully saturated rings. The number of methoxy groups -OCH3 is 1. The van der Waals surface area contributed by atoms with Gasteiger partial charge in [0.25, 0.3) is 0 Å². The van der Waals surface area contributed by atoms with Crippen LogP contribution in [-0.4, -0.2) is 15.2 Å². The van der Waals surface area contributed by atoms with Gasteiger partial charge in [-0.15, -0.1) is 5.54 Å². The van der Waals surface area contributed by atoms with Gasteiger partial charge in [-0.2, -0.15) is 0 Å². The molecule has 0 aliphatic rings. The summed E-state index contributed by atoms with van der Waals surface area (Å²) in [5.41, 5.74) is 7.83. The molecule has 1 aromatic carbocycles. The SMILES string of the molecule is C=C(C#C[Si](C(C)C)(C(C)C)C(C)C)C(C)c1ccccc1OC. The third-order valence-electron chi connectivity index (χ3n) is 5.43. The van der Waals surface area contributed by atoms with Gasteiger partial charge in [0, 0.05) is 17.1 Å². The van der Waals surface area contributed by atoms with Crippen LogP contribution in [0.5, 0.6) is 5.75 Å². The first-order chi connectivity index (χ1) is 11.2. The van der Waals surface area contributed by atoms with Crippen molar-refractivity contribution < 1.29 is 4.74 Å². The summed E-state index contributed by atoms with van der Waals surface area (Å²) in [5, 5.41) is 0. The van der Waals surface area contributed by atoms with Gasteiger partial charge < -0.3 is 4.74 Å². The van der Waals surface area contributed by atoms with Crippen molar-refractivity contribution in [3.05, 3.63) is 42.0 Å². The zero-order valence-corrected chi connectivity index (χ0v) is 17.7. The summed E-state index contributed by atoms with van der Waals surface area (Å²) in [7, 11) is 0.00422. The molecule has 1 unspecified atom stereocenters. The van der Waals surface area contributed by atoms with Crippen molar-refractivity contribution in [1.29, 1.82) is 0 Å². The van der Waals surface area contributed by atoms with E-state index < -0.39 is 8.07 Å². The Morgan fingerprint density at radius 2 is 1.46 bits per heavy atom. The lowest BCUT2D eigenvalue weighted by Gasteiger charge is -2.38. The van der Waals surface area contributed by atoms with Gasteiger partial charge in [0.15, 0.2) is 0 Å². The number of hydrogen-bond acceptors (Lipinski definition) is 1. The van der Waals surface area contributed by atoms with Gasteiger partial charge in [-0.3, -0.25) is 0 Å². The second kappa shape index (κ2) is 8.58. The number of rotatable bonds is 6. The Morgan fingerprint density at radius 1 is 0.958 bits per heavy atom. The Hall–Kier alpha value is -1.46. The Labute approximate surface area is 150 Å². The van der Waals surface area contributed by atoms with Gasteiger partial charge in [-0.05, 0) is 22.7 Å². The van der Waals surface area contributed by atoms with Crippen molar-refractivity contribution in [3.63, 3.8) is 0 Å². The van der Waals surface area contributed by atoms with Crippen molar-refractivity contribution in [2.75, 3.05) is 7.11 Å². The van der Waals surface area contributed by atoms with E-state index in [0.29, 0.717) is 16.6 Å². The first kappa shape index (κ1) is 20.6. The van der Waals surface area contributed by atoms with E-state index in [9.17, 15) is 0 Å². The zero-order chi connectivity index (χ0) is 18.5. The van der Waals surface area contributed by atoms with Crippen molar-refractivity contribution in [3.8, 4) is 17.2 Å². The lowest BCUT2D eigenvalue weighted by molar-refractivity contribution is 0.408. The van der Waals surface area contributed by atoms with E-state index >= 15 is 0 Å². The molecular weight excluding hydrogens is 308 g/mol. The lowest BCUT2D eigenvalue weighted by Crippen LogP contribution is -2.43. The third-order valence-corrected chi connectivity index (χ3v) is 11.7. The molecule has 0 aliphatic heterocycles. The van der Waals surface area contributed by atoms with E-state index in [4.69, 9.17) is 4.74 Å². The van der Waals surface area contributed by atoms with E-state index in [2.05, 4.69) is 72.6 Å². The van der Waals surface area contributed by atoms with Crippen LogP contribution in [0, 0.1) is 11.5 Å². The topological polar surface area (TPSA) is 9.23 Å². The van der Waals surface area contributed by atoms with Crippen molar-refractivity contribution in [1.82, 2.24) is 0 Å². The Morgan fingerprint density at radius 3 is 1.92 bits per heavy atom. The minimum absolute atomic E-state index is 0.173. The van der Waals surface area contributed by atoms with Gasteiger partial charge in [-0.25, -0.2) is 0 Å².